The standard InChI is InChI=1S/C23H24N6O/c1-14(2)29-13-25-20-22(27-21(28-23(20)29)17-4-3-9-24-12-17)26-18-7-5-16-11-19(30)8-6-15(16)10-18/h3-4,6,8-9,11-14,18,30H,5,7,10H2,1-2H3,(H,26,27,28). The van der Waals surface area contributed by atoms with Gasteiger partial charge in [0.05, 0.1) is 6.33 Å². The predicted molar refractivity (Wildman–Crippen MR) is 116 cm³/mol. The molecule has 7 heteroatoms. The van der Waals surface area contributed by atoms with Gasteiger partial charge in [-0.15, -0.1) is 0 Å². The second-order valence-electron chi connectivity index (χ2n) is 8.09. The van der Waals surface area contributed by atoms with Crippen LogP contribution in [0.5, 0.6) is 5.75 Å². The summed E-state index contributed by atoms with van der Waals surface area (Å²) < 4.78 is 2.07. The molecule has 3 aromatic heterocycles. The molecule has 1 aliphatic rings. The Labute approximate surface area is 174 Å². The number of aryl methyl sites for hydroxylation is 1. The molecule has 0 bridgehead atoms. The molecule has 7 nitrogen and oxygen atoms in total. The van der Waals surface area contributed by atoms with Gasteiger partial charge in [0.15, 0.2) is 17.3 Å². The van der Waals surface area contributed by atoms with Gasteiger partial charge in [0.1, 0.15) is 11.3 Å². The van der Waals surface area contributed by atoms with Crippen LogP contribution in [0.15, 0.2) is 49.1 Å². The minimum atomic E-state index is 0.242. The number of nitrogens with one attached hydrogen (secondary N) is 1. The highest BCUT2D eigenvalue weighted by Gasteiger charge is 2.22. The number of pyridine rings is 1. The van der Waals surface area contributed by atoms with Crippen molar-refractivity contribution in [3.8, 4) is 17.1 Å². The van der Waals surface area contributed by atoms with Crippen LogP contribution in [0, 0.1) is 0 Å². The summed E-state index contributed by atoms with van der Waals surface area (Å²) in [6.07, 6.45) is 8.14. The molecule has 0 amide bonds. The minimum Gasteiger partial charge on any atom is -0.508 e. The number of nitrogens with zero attached hydrogens (tertiary/aromatic N) is 5. The largest absolute Gasteiger partial charge is 0.508 e. The molecule has 0 fully saturated rings. The average molecular weight is 400 g/mol. The Morgan fingerprint density at radius 2 is 2.07 bits per heavy atom. The van der Waals surface area contributed by atoms with E-state index in [9.17, 15) is 5.11 Å². The van der Waals surface area contributed by atoms with E-state index in [0.29, 0.717) is 11.6 Å². The van der Waals surface area contributed by atoms with Crippen molar-refractivity contribution >= 4 is 17.0 Å². The van der Waals surface area contributed by atoms with Crippen molar-refractivity contribution < 1.29 is 5.11 Å². The van der Waals surface area contributed by atoms with E-state index in [0.717, 1.165) is 41.8 Å². The molecule has 0 saturated heterocycles. The van der Waals surface area contributed by atoms with E-state index in [-0.39, 0.29) is 12.1 Å². The van der Waals surface area contributed by atoms with Gasteiger partial charge in [-0.05, 0) is 68.5 Å². The van der Waals surface area contributed by atoms with E-state index in [1.807, 2.05) is 30.6 Å². The molecule has 1 aromatic carbocycles. The summed E-state index contributed by atoms with van der Waals surface area (Å²) in [7, 11) is 0. The number of aromatic nitrogens is 5. The van der Waals surface area contributed by atoms with Crippen LogP contribution in [0.3, 0.4) is 0 Å². The Hall–Kier alpha value is -3.48. The first-order chi connectivity index (χ1) is 14.6. The van der Waals surface area contributed by atoms with E-state index in [4.69, 9.17) is 9.97 Å². The smallest absolute Gasteiger partial charge is 0.166 e. The van der Waals surface area contributed by atoms with Crippen LogP contribution in [0.4, 0.5) is 5.82 Å². The van der Waals surface area contributed by atoms with Gasteiger partial charge in [-0.1, -0.05) is 6.07 Å². The molecule has 5 rings (SSSR count). The summed E-state index contributed by atoms with van der Waals surface area (Å²) in [6, 6.07) is 10.00. The fraction of sp³-hybridized carbons (Fsp3) is 0.304. The summed E-state index contributed by atoms with van der Waals surface area (Å²) in [4.78, 5) is 18.5. The number of hydrogen-bond acceptors (Lipinski definition) is 6. The Bertz CT molecular complexity index is 1200. The van der Waals surface area contributed by atoms with E-state index in [2.05, 4.69) is 33.7 Å². The maximum absolute atomic E-state index is 9.75. The maximum atomic E-state index is 9.75. The van der Waals surface area contributed by atoms with Gasteiger partial charge in [-0.3, -0.25) is 4.98 Å². The third-order valence-corrected chi connectivity index (χ3v) is 5.66. The van der Waals surface area contributed by atoms with E-state index in [1.165, 1.54) is 11.1 Å². The molecule has 152 valence electrons. The maximum Gasteiger partial charge on any atom is 0.166 e. The zero-order valence-corrected chi connectivity index (χ0v) is 17.1. The Morgan fingerprint density at radius 1 is 1.17 bits per heavy atom. The molecule has 0 spiro atoms. The molecule has 4 aromatic rings. The second kappa shape index (κ2) is 7.40. The average Bonchev–Trinajstić information content (AvgIpc) is 3.19. The number of benzene rings is 1. The molecule has 1 aliphatic carbocycles. The minimum absolute atomic E-state index is 0.242. The predicted octanol–water partition coefficient (Wildman–Crippen LogP) is 4.14. The quantitative estimate of drug-likeness (QED) is 0.535. The Kier molecular flexibility index (Phi) is 4.58. The van der Waals surface area contributed by atoms with Crippen LogP contribution in [0.1, 0.15) is 37.4 Å². The molecule has 1 unspecified atom stereocenters. The normalized spacial score (nSPS) is 16.0. The van der Waals surface area contributed by atoms with Crippen LogP contribution in [-0.2, 0) is 12.8 Å². The lowest BCUT2D eigenvalue weighted by Crippen LogP contribution is -2.28. The zero-order valence-electron chi connectivity index (χ0n) is 17.1. The molecular weight excluding hydrogens is 376 g/mol. The summed E-state index contributed by atoms with van der Waals surface area (Å²) in [6.45, 7) is 4.24. The van der Waals surface area contributed by atoms with Crippen molar-refractivity contribution in [2.45, 2.75) is 45.2 Å². The van der Waals surface area contributed by atoms with Gasteiger partial charge in [0.2, 0.25) is 0 Å². The number of phenolic OH excluding ortho intramolecular Hbond substituents is 1. The van der Waals surface area contributed by atoms with Crippen molar-refractivity contribution in [3.05, 3.63) is 60.2 Å². The van der Waals surface area contributed by atoms with Crippen molar-refractivity contribution in [1.29, 1.82) is 0 Å². The van der Waals surface area contributed by atoms with Crippen LogP contribution in [0.25, 0.3) is 22.6 Å². The Morgan fingerprint density at radius 3 is 2.87 bits per heavy atom. The van der Waals surface area contributed by atoms with E-state index in [1.54, 1.807) is 18.5 Å². The molecule has 0 saturated carbocycles. The fourth-order valence-electron chi connectivity index (χ4n) is 4.08. The third kappa shape index (κ3) is 3.36. The fourth-order valence-corrected chi connectivity index (χ4v) is 4.08. The number of hydrogen-bond donors (Lipinski definition) is 2. The topological polar surface area (TPSA) is 88.8 Å². The van der Waals surface area contributed by atoms with Crippen LogP contribution in [-0.4, -0.2) is 35.7 Å². The number of imidazole rings is 1. The first kappa shape index (κ1) is 18.5. The lowest BCUT2D eigenvalue weighted by molar-refractivity contribution is 0.472. The lowest BCUT2D eigenvalue weighted by atomic mass is 9.88. The third-order valence-electron chi connectivity index (χ3n) is 5.66. The molecule has 0 aliphatic heterocycles. The van der Waals surface area contributed by atoms with Gasteiger partial charge < -0.3 is 15.0 Å². The molecule has 1 atom stereocenters. The summed E-state index contributed by atoms with van der Waals surface area (Å²) in [5.74, 6) is 1.73. The van der Waals surface area contributed by atoms with E-state index >= 15 is 0 Å². The first-order valence-electron chi connectivity index (χ1n) is 10.3. The lowest BCUT2D eigenvalue weighted by Gasteiger charge is -2.26. The van der Waals surface area contributed by atoms with Crippen molar-refractivity contribution in [1.82, 2.24) is 24.5 Å². The molecule has 30 heavy (non-hydrogen) atoms. The van der Waals surface area contributed by atoms with Crippen LogP contribution < -0.4 is 5.32 Å². The molecule has 0 radical (unpaired) electrons. The highest BCUT2D eigenvalue weighted by molar-refractivity contribution is 5.85. The van der Waals surface area contributed by atoms with Crippen LogP contribution in [0.2, 0.25) is 0 Å². The zero-order chi connectivity index (χ0) is 20.7. The number of rotatable bonds is 4. The summed E-state index contributed by atoms with van der Waals surface area (Å²) in [5, 5.41) is 13.4. The highest BCUT2D eigenvalue weighted by atomic mass is 16.3. The number of phenols is 1. The number of aromatic hydroxyl groups is 1. The highest BCUT2D eigenvalue weighted by Crippen LogP contribution is 2.30. The van der Waals surface area contributed by atoms with Gasteiger partial charge in [0, 0.05) is 30.0 Å². The number of anilines is 1. The second-order valence-corrected chi connectivity index (χ2v) is 8.09. The molecular formula is C23H24N6O. The van der Waals surface area contributed by atoms with Gasteiger partial charge in [0.25, 0.3) is 0 Å². The van der Waals surface area contributed by atoms with Gasteiger partial charge in [-0.25, -0.2) is 15.0 Å². The van der Waals surface area contributed by atoms with Crippen molar-refractivity contribution in [2.24, 2.45) is 0 Å². The summed E-state index contributed by atoms with van der Waals surface area (Å²) >= 11 is 0. The van der Waals surface area contributed by atoms with Crippen molar-refractivity contribution in [2.75, 3.05) is 5.32 Å². The monoisotopic (exact) mass is 400 g/mol. The SMILES string of the molecule is CC(C)n1cnc2c(NC3CCc4cc(O)ccc4C3)nc(-c3cccnc3)nc21. The van der Waals surface area contributed by atoms with Gasteiger partial charge in [-0.2, -0.15) is 0 Å². The Balaban J connectivity index is 1.54. The van der Waals surface area contributed by atoms with Crippen molar-refractivity contribution in [3.63, 3.8) is 0 Å². The van der Waals surface area contributed by atoms with Crippen LogP contribution >= 0.6 is 0 Å². The number of fused-ring (bicyclic) bond motifs is 2. The molecule has 2 N–H and O–H groups in total. The van der Waals surface area contributed by atoms with E-state index < -0.39 is 0 Å². The first-order valence-corrected chi connectivity index (χ1v) is 10.3. The molecule has 3 heterocycles. The van der Waals surface area contributed by atoms with Gasteiger partial charge >= 0.3 is 0 Å². The summed E-state index contributed by atoms with van der Waals surface area (Å²) in [5.41, 5.74) is 4.97.